The summed E-state index contributed by atoms with van der Waals surface area (Å²) < 4.78 is 13.2. The molecule has 0 radical (unpaired) electrons. The Morgan fingerprint density at radius 3 is 0.848 bits per heavy atom. The van der Waals surface area contributed by atoms with Crippen molar-refractivity contribution in [2.24, 2.45) is 0 Å². The van der Waals surface area contributed by atoms with Crippen LogP contribution < -0.4 is 5.19 Å². The highest BCUT2D eigenvalue weighted by Crippen LogP contribution is 2.17. The minimum Gasteiger partial charge on any atom is -0.391 e. The fourth-order valence-electron chi connectivity index (χ4n) is 6.78. The Hall–Kier alpha value is -0.643. The van der Waals surface area contributed by atoms with E-state index in [9.17, 15) is 0 Å². The van der Waals surface area contributed by atoms with E-state index >= 15 is 0 Å². The van der Waals surface area contributed by atoms with E-state index < -0.39 is 8.56 Å². The second kappa shape index (κ2) is 34.2. The Kier molecular flexibility index (Phi) is 32.3. The van der Waals surface area contributed by atoms with E-state index in [1.165, 1.54) is 198 Å². The van der Waals surface area contributed by atoms with Crippen molar-refractivity contribution in [1.29, 1.82) is 0 Å². The minimum atomic E-state index is -2.34. The molecule has 1 rings (SSSR count). The van der Waals surface area contributed by atoms with Gasteiger partial charge in [0.1, 0.15) is 0 Å². The maximum Gasteiger partial charge on any atom is 0.369 e. The van der Waals surface area contributed by atoms with Crippen molar-refractivity contribution in [3.63, 3.8) is 0 Å². The molecule has 2 nitrogen and oxygen atoms in total. The first-order valence-electron chi connectivity index (χ1n) is 21.1. The van der Waals surface area contributed by atoms with Gasteiger partial charge in [0, 0.05) is 13.2 Å². The molecule has 0 unspecified atom stereocenters. The van der Waals surface area contributed by atoms with Crippen molar-refractivity contribution in [2.75, 3.05) is 13.2 Å². The number of rotatable bonds is 37. The Labute approximate surface area is 291 Å². The van der Waals surface area contributed by atoms with E-state index in [1.807, 2.05) is 0 Å². The molecular formula is C43H82O2Si. The third kappa shape index (κ3) is 27.3. The molecule has 46 heavy (non-hydrogen) atoms. The van der Waals surface area contributed by atoms with Crippen molar-refractivity contribution in [3.8, 4) is 0 Å². The smallest absolute Gasteiger partial charge is 0.369 e. The maximum absolute atomic E-state index is 6.58. The second-order valence-corrected chi connectivity index (χ2v) is 17.7. The number of hydrogen-bond donors (Lipinski definition) is 0. The van der Waals surface area contributed by atoms with Gasteiger partial charge in [-0.25, -0.2) is 0 Å². The molecular weight excluding hydrogens is 577 g/mol. The zero-order chi connectivity index (χ0) is 33.1. The summed E-state index contributed by atoms with van der Waals surface area (Å²) in [6, 6.07) is 10.8. The van der Waals surface area contributed by atoms with Crippen LogP contribution in [-0.4, -0.2) is 21.8 Å². The van der Waals surface area contributed by atoms with Crippen LogP contribution in [0.25, 0.3) is 0 Å². The lowest BCUT2D eigenvalue weighted by atomic mass is 10.0. The Morgan fingerprint density at radius 1 is 0.348 bits per heavy atom. The Morgan fingerprint density at radius 2 is 0.587 bits per heavy atom. The van der Waals surface area contributed by atoms with Crippen LogP contribution in [0.1, 0.15) is 219 Å². The molecule has 0 amide bonds. The summed E-state index contributed by atoms with van der Waals surface area (Å²) in [6.07, 6.45) is 44.9. The van der Waals surface area contributed by atoms with E-state index in [4.69, 9.17) is 8.85 Å². The largest absolute Gasteiger partial charge is 0.391 e. The molecule has 0 heterocycles. The van der Waals surface area contributed by atoms with Crippen LogP contribution >= 0.6 is 0 Å². The predicted molar refractivity (Wildman–Crippen MR) is 209 cm³/mol. The van der Waals surface area contributed by atoms with Gasteiger partial charge < -0.3 is 8.85 Å². The first-order valence-corrected chi connectivity index (χ1v) is 23.4. The lowest BCUT2D eigenvalue weighted by Gasteiger charge is -2.27. The van der Waals surface area contributed by atoms with Crippen LogP contribution in [-0.2, 0) is 8.85 Å². The first-order chi connectivity index (χ1) is 22.7. The number of benzene rings is 1. The third-order valence-corrected chi connectivity index (χ3v) is 12.9. The number of unbranched alkanes of at least 4 members (excludes halogenated alkanes) is 30. The van der Waals surface area contributed by atoms with Gasteiger partial charge in [-0.05, 0) is 24.6 Å². The topological polar surface area (TPSA) is 18.5 Å². The SMILES string of the molecule is CCCCCCCCCCCCCCCCCCO[Si](C)(OCCCCCCCCCCCCCCCCCC)c1ccccc1. The minimum absolute atomic E-state index is 0.842. The van der Waals surface area contributed by atoms with Gasteiger partial charge >= 0.3 is 8.56 Å². The van der Waals surface area contributed by atoms with Crippen LogP contribution in [0.3, 0.4) is 0 Å². The fourth-order valence-corrected chi connectivity index (χ4v) is 9.07. The quantitative estimate of drug-likeness (QED) is 0.0523. The number of hydrogen-bond acceptors (Lipinski definition) is 2. The molecule has 3 heteroatoms. The summed E-state index contributed by atoms with van der Waals surface area (Å²) in [5, 5.41) is 1.28. The van der Waals surface area contributed by atoms with Gasteiger partial charge in [-0.15, -0.1) is 0 Å². The lowest BCUT2D eigenvalue weighted by molar-refractivity contribution is 0.178. The summed E-state index contributed by atoms with van der Waals surface area (Å²) in [6.45, 7) is 8.55. The molecule has 0 saturated carbocycles. The van der Waals surface area contributed by atoms with Crippen molar-refractivity contribution in [3.05, 3.63) is 30.3 Å². The molecule has 0 atom stereocenters. The Balaban J connectivity index is 2.01. The molecule has 0 saturated heterocycles. The zero-order valence-corrected chi connectivity index (χ0v) is 32.7. The van der Waals surface area contributed by atoms with Gasteiger partial charge in [-0.3, -0.25) is 0 Å². The Bertz CT molecular complexity index is 670. The first kappa shape index (κ1) is 43.4. The van der Waals surface area contributed by atoms with E-state index in [2.05, 4.69) is 50.7 Å². The maximum atomic E-state index is 6.58. The summed E-state index contributed by atoms with van der Waals surface area (Å²) in [4.78, 5) is 0. The molecule has 0 N–H and O–H groups in total. The third-order valence-electron chi connectivity index (χ3n) is 10.0. The summed E-state index contributed by atoms with van der Waals surface area (Å²) in [7, 11) is -2.34. The molecule has 0 fully saturated rings. The van der Waals surface area contributed by atoms with E-state index in [0.717, 1.165) is 26.1 Å². The van der Waals surface area contributed by atoms with Gasteiger partial charge in [-0.1, -0.05) is 237 Å². The van der Waals surface area contributed by atoms with Crippen LogP contribution in [0.4, 0.5) is 0 Å². The summed E-state index contributed by atoms with van der Waals surface area (Å²) in [5.41, 5.74) is 0. The summed E-state index contributed by atoms with van der Waals surface area (Å²) in [5.74, 6) is 0. The molecule has 1 aromatic rings. The average molecular weight is 659 g/mol. The van der Waals surface area contributed by atoms with Crippen LogP contribution in [0.2, 0.25) is 6.55 Å². The predicted octanol–water partition coefficient (Wildman–Crippen LogP) is 14.5. The van der Waals surface area contributed by atoms with Gasteiger partial charge in [0.25, 0.3) is 0 Å². The highest BCUT2D eigenvalue weighted by Gasteiger charge is 2.33. The second-order valence-electron chi connectivity index (χ2n) is 14.6. The highest BCUT2D eigenvalue weighted by molar-refractivity contribution is 6.79. The molecule has 0 spiro atoms. The lowest BCUT2D eigenvalue weighted by Crippen LogP contribution is -2.51. The van der Waals surface area contributed by atoms with Crippen molar-refractivity contribution >= 4 is 13.7 Å². The van der Waals surface area contributed by atoms with Crippen molar-refractivity contribution in [2.45, 2.75) is 226 Å². The van der Waals surface area contributed by atoms with Crippen LogP contribution in [0.15, 0.2) is 30.3 Å². The molecule has 0 aromatic heterocycles. The van der Waals surface area contributed by atoms with E-state index in [1.54, 1.807) is 0 Å². The molecule has 0 aliphatic carbocycles. The molecule has 0 bridgehead atoms. The van der Waals surface area contributed by atoms with Gasteiger partial charge in [-0.2, -0.15) is 0 Å². The highest BCUT2D eigenvalue weighted by atomic mass is 28.4. The van der Waals surface area contributed by atoms with Gasteiger partial charge in [0.15, 0.2) is 0 Å². The monoisotopic (exact) mass is 659 g/mol. The van der Waals surface area contributed by atoms with Crippen molar-refractivity contribution < 1.29 is 8.85 Å². The van der Waals surface area contributed by atoms with Crippen molar-refractivity contribution in [1.82, 2.24) is 0 Å². The van der Waals surface area contributed by atoms with Crippen LogP contribution in [0, 0.1) is 0 Å². The van der Waals surface area contributed by atoms with Gasteiger partial charge in [0.2, 0.25) is 0 Å². The zero-order valence-electron chi connectivity index (χ0n) is 31.7. The molecule has 1 aromatic carbocycles. The molecule has 0 aliphatic heterocycles. The van der Waals surface area contributed by atoms with Gasteiger partial charge in [0.05, 0.1) is 0 Å². The van der Waals surface area contributed by atoms with E-state index in [-0.39, 0.29) is 0 Å². The average Bonchev–Trinajstić information content (AvgIpc) is 3.08. The van der Waals surface area contributed by atoms with E-state index in [0.29, 0.717) is 0 Å². The fraction of sp³-hybridized carbons (Fsp3) is 0.860. The standard InChI is InChI=1S/C43H82O2Si/c1-4-6-8-10-12-14-16-18-20-22-24-26-28-30-32-37-41-44-46(3,43-39-35-34-36-40-43)45-42-38-33-31-29-27-25-23-21-19-17-15-13-11-9-7-5-2/h34-36,39-40H,4-33,37-38,41-42H2,1-3H3. The van der Waals surface area contributed by atoms with Crippen LogP contribution in [0.5, 0.6) is 0 Å². The molecule has 0 aliphatic rings. The molecule has 270 valence electrons. The summed E-state index contributed by atoms with van der Waals surface area (Å²) >= 11 is 0. The normalized spacial score (nSPS) is 11.9.